The fraction of sp³-hybridized carbons (Fsp3) is 0.143. The summed E-state index contributed by atoms with van der Waals surface area (Å²) in [4.78, 5) is 8.28. The third-order valence-corrected chi connectivity index (χ3v) is 2.63. The summed E-state index contributed by atoms with van der Waals surface area (Å²) in [5.74, 6) is 0. The first-order valence-corrected chi connectivity index (χ1v) is 4.31. The van der Waals surface area contributed by atoms with Gasteiger partial charge in [-0.3, -0.25) is 4.98 Å². The minimum absolute atomic E-state index is 0.911. The Hall–Kier alpha value is -0.650. The molecule has 0 amide bonds. The van der Waals surface area contributed by atoms with Crippen LogP contribution in [0.2, 0.25) is 0 Å². The number of rotatable bonds is 0. The van der Waals surface area contributed by atoms with Crippen molar-refractivity contribution in [2.45, 2.75) is 6.92 Å². The molecule has 11 heavy (non-hydrogen) atoms. The summed E-state index contributed by atoms with van der Waals surface area (Å²) >= 11 is 2.22. The molecule has 56 valence electrons. The van der Waals surface area contributed by atoms with Crippen LogP contribution in [0.4, 0.5) is 0 Å². The summed E-state index contributed by atoms with van der Waals surface area (Å²) in [5.41, 5.74) is 2.08. The van der Waals surface area contributed by atoms with Crippen molar-refractivity contribution < 1.29 is 0 Å². The lowest BCUT2D eigenvalue weighted by atomic mass is 10.5. The van der Waals surface area contributed by atoms with Crippen LogP contribution < -0.4 is 0 Å². The molecule has 0 aliphatic heterocycles. The van der Waals surface area contributed by atoms with Gasteiger partial charge >= 0.3 is 0 Å². The van der Waals surface area contributed by atoms with Gasteiger partial charge in [0.2, 0.25) is 0 Å². The average Bonchev–Trinajstić information content (AvgIpc) is 2.30. The van der Waals surface area contributed by atoms with E-state index in [4.69, 9.17) is 0 Å². The lowest BCUT2D eigenvalue weighted by Crippen LogP contribution is -1.86. The van der Waals surface area contributed by atoms with Crippen LogP contribution in [0, 0.1) is 10.6 Å². The van der Waals surface area contributed by atoms with E-state index in [1.165, 1.54) is 5.69 Å². The number of imidazole rings is 1. The molecular formula is C7H6IN3. The Balaban J connectivity index is 2.92. The molecule has 0 saturated carbocycles. The normalized spacial score (nSPS) is 10.7. The van der Waals surface area contributed by atoms with Crippen LogP contribution in [-0.4, -0.2) is 14.4 Å². The molecule has 0 aromatic carbocycles. The number of aryl methyl sites for hydroxylation is 1. The summed E-state index contributed by atoms with van der Waals surface area (Å²) in [6.45, 7) is 2.04. The number of fused-ring (bicyclic) bond motifs is 1. The maximum absolute atomic E-state index is 4.30. The molecule has 0 fully saturated rings. The van der Waals surface area contributed by atoms with Gasteiger partial charge in [-0.2, -0.15) is 0 Å². The zero-order valence-electron chi connectivity index (χ0n) is 5.95. The molecule has 4 heteroatoms. The van der Waals surface area contributed by atoms with E-state index in [1.807, 2.05) is 17.5 Å². The minimum Gasteiger partial charge on any atom is -0.300 e. The molecule has 0 saturated heterocycles. The molecule has 2 rings (SSSR count). The molecule has 0 aliphatic rings. The molecule has 2 aromatic heterocycles. The molecular weight excluding hydrogens is 253 g/mol. The topological polar surface area (TPSA) is 30.2 Å². The van der Waals surface area contributed by atoms with Gasteiger partial charge in [0.15, 0.2) is 5.65 Å². The molecule has 0 aliphatic carbocycles. The number of nitrogens with zero attached hydrogens (tertiary/aromatic N) is 3. The largest absolute Gasteiger partial charge is 0.300 e. The highest BCUT2D eigenvalue weighted by atomic mass is 127. The van der Waals surface area contributed by atoms with E-state index in [0.29, 0.717) is 0 Å². The van der Waals surface area contributed by atoms with Gasteiger partial charge in [0.05, 0.1) is 11.9 Å². The molecule has 0 spiro atoms. The summed E-state index contributed by atoms with van der Waals surface area (Å²) in [6, 6.07) is 0. The highest BCUT2D eigenvalue weighted by Crippen LogP contribution is 2.11. The Bertz CT molecular complexity index is 393. The van der Waals surface area contributed by atoms with Gasteiger partial charge in [0.25, 0.3) is 0 Å². The van der Waals surface area contributed by atoms with Crippen LogP contribution in [0.1, 0.15) is 5.69 Å². The first-order valence-electron chi connectivity index (χ1n) is 3.23. The first kappa shape index (κ1) is 7.02. The van der Waals surface area contributed by atoms with Crippen molar-refractivity contribution in [3.63, 3.8) is 0 Å². The zero-order valence-corrected chi connectivity index (χ0v) is 8.11. The van der Waals surface area contributed by atoms with Crippen molar-refractivity contribution in [1.82, 2.24) is 14.4 Å². The zero-order chi connectivity index (χ0) is 7.84. The lowest BCUT2D eigenvalue weighted by molar-refractivity contribution is 1.07. The van der Waals surface area contributed by atoms with Gasteiger partial charge in [-0.15, -0.1) is 0 Å². The Labute approximate surface area is 77.6 Å². The third kappa shape index (κ3) is 1.01. The van der Waals surface area contributed by atoms with E-state index in [9.17, 15) is 0 Å². The van der Waals surface area contributed by atoms with Crippen LogP contribution >= 0.6 is 22.6 Å². The van der Waals surface area contributed by atoms with Crippen LogP contribution in [0.5, 0.6) is 0 Å². The Kier molecular flexibility index (Phi) is 1.56. The second-order valence-electron chi connectivity index (χ2n) is 2.29. The SMILES string of the molecule is Cc1c(I)nc2cnccn12. The van der Waals surface area contributed by atoms with E-state index >= 15 is 0 Å². The fourth-order valence-electron chi connectivity index (χ4n) is 1.00. The van der Waals surface area contributed by atoms with Crippen LogP contribution in [0.3, 0.4) is 0 Å². The van der Waals surface area contributed by atoms with Crippen molar-refractivity contribution in [3.8, 4) is 0 Å². The van der Waals surface area contributed by atoms with Gasteiger partial charge in [-0.05, 0) is 29.5 Å². The predicted octanol–water partition coefficient (Wildman–Crippen LogP) is 1.64. The van der Waals surface area contributed by atoms with Gasteiger partial charge in [0, 0.05) is 12.4 Å². The predicted molar refractivity (Wildman–Crippen MR) is 50.4 cm³/mol. The van der Waals surface area contributed by atoms with E-state index in [-0.39, 0.29) is 0 Å². The Morgan fingerprint density at radius 1 is 1.55 bits per heavy atom. The van der Waals surface area contributed by atoms with Crippen molar-refractivity contribution in [2.75, 3.05) is 0 Å². The molecule has 0 unspecified atom stereocenters. The van der Waals surface area contributed by atoms with Crippen molar-refractivity contribution in [2.24, 2.45) is 0 Å². The quantitative estimate of drug-likeness (QED) is 0.673. The molecule has 0 atom stereocenters. The van der Waals surface area contributed by atoms with Crippen LogP contribution in [0.25, 0.3) is 5.65 Å². The summed E-state index contributed by atoms with van der Waals surface area (Å²) < 4.78 is 3.06. The van der Waals surface area contributed by atoms with E-state index in [1.54, 1.807) is 12.4 Å². The third-order valence-electron chi connectivity index (χ3n) is 1.61. The fourth-order valence-corrected chi connectivity index (χ4v) is 1.51. The molecule has 2 heterocycles. The summed E-state index contributed by atoms with van der Waals surface area (Å²) in [7, 11) is 0. The number of hydrogen-bond acceptors (Lipinski definition) is 2. The number of halogens is 1. The number of hydrogen-bond donors (Lipinski definition) is 0. The monoisotopic (exact) mass is 259 g/mol. The molecule has 0 N–H and O–H groups in total. The first-order chi connectivity index (χ1) is 5.29. The highest BCUT2D eigenvalue weighted by Gasteiger charge is 2.02. The second kappa shape index (κ2) is 2.44. The minimum atomic E-state index is 0.911. The van der Waals surface area contributed by atoms with E-state index < -0.39 is 0 Å². The average molecular weight is 259 g/mol. The molecule has 0 bridgehead atoms. The van der Waals surface area contributed by atoms with E-state index in [0.717, 1.165) is 9.35 Å². The van der Waals surface area contributed by atoms with Gasteiger partial charge in [-0.1, -0.05) is 0 Å². The van der Waals surface area contributed by atoms with Crippen molar-refractivity contribution >= 4 is 28.2 Å². The van der Waals surface area contributed by atoms with E-state index in [2.05, 4.69) is 32.6 Å². The molecule has 0 radical (unpaired) electrons. The molecule has 2 aromatic rings. The molecule has 3 nitrogen and oxygen atoms in total. The maximum Gasteiger partial charge on any atom is 0.156 e. The Morgan fingerprint density at radius 2 is 2.36 bits per heavy atom. The van der Waals surface area contributed by atoms with Crippen LogP contribution in [-0.2, 0) is 0 Å². The standard InChI is InChI=1S/C7H6IN3/c1-5-7(8)10-6-4-9-2-3-11(5)6/h2-4H,1H3. The van der Waals surface area contributed by atoms with Gasteiger partial charge < -0.3 is 4.40 Å². The number of aromatic nitrogens is 3. The Morgan fingerprint density at radius 3 is 3.09 bits per heavy atom. The van der Waals surface area contributed by atoms with Crippen molar-refractivity contribution in [3.05, 3.63) is 28.0 Å². The van der Waals surface area contributed by atoms with Crippen molar-refractivity contribution in [1.29, 1.82) is 0 Å². The van der Waals surface area contributed by atoms with Crippen LogP contribution in [0.15, 0.2) is 18.6 Å². The smallest absolute Gasteiger partial charge is 0.156 e. The summed E-state index contributed by atoms with van der Waals surface area (Å²) in [5, 5.41) is 0. The van der Waals surface area contributed by atoms with Gasteiger partial charge in [-0.25, -0.2) is 4.98 Å². The second-order valence-corrected chi connectivity index (χ2v) is 3.31. The highest BCUT2D eigenvalue weighted by molar-refractivity contribution is 14.1. The summed E-state index contributed by atoms with van der Waals surface area (Å²) in [6.07, 6.45) is 5.44. The maximum atomic E-state index is 4.30. The van der Waals surface area contributed by atoms with Gasteiger partial charge in [0.1, 0.15) is 3.70 Å². The lowest BCUT2D eigenvalue weighted by Gasteiger charge is -1.91.